The molecule has 2 N–H and O–H groups in total. The van der Waals surface area contributed by atoms with Gasteiger partial charge in [0.05, 0.1) is 12.5 Å². The molecule has 6 nitrogen and oxygen atoms in total. The van der Waals surface area contributed by atoms with Gasteiger partial charge in [0.15, 0.2) is 0 Å². The summed E-state index contributed by atoms with van der Waals surface area (Å²) in [4.78, 5) is 25.8. The minimum atomic E-state index is -0.540. The molecule has 1 atom stereocenters. The summed E-state index contributed by atoms with van der Waals surface area (Å²) in [6.07, 6.45) is 2.04. The number of esters is 1. The van der Waals surface area contributed by atoms with Gasteiger partial charge in [0.25, 0.3) is 0 Å². The molecular weight excluding hydrogens is 272 g/mol. The summed E-state index contributed by atoms with van der Waals surface area (Å²) in [7, 11) is 1.40. The predicted molar refractivity (Wildman–Crippen MR) is 77.6 cm³/mol. The topological polar surface area (TPSA) is 81.9 Å². The third kappa shape index (κ3) is 2.73. The van der Waals surface area contributed by atoms with Crippen molar-refractivity contribution in [3.05, 3.63) is 0 Å². The third-order valence-electron chi connectivity index (χ3n) is 4.83. The van der Waals surface area contributed by atoms with Crippen LogP contribution in [-0.4, -0.2) is 49.3 Å². The molecule has 0 aromatic rings. The molecule has 1 aliphatic carbocycles. The molecule has 1 amide bonds. The van der Waals surface area contributed by atoms with Gasteiger partial charge in [0.1, 0.15) is 5.60 Å². The molecule has 2 rings (SSSR count). The molecule has 0 aromatic carbocycles. The van der Waals surface area contributed by atoms with E-state index >= 15 is 0 Å². The summed E-state index contributed by atoms with van der Waals surface area (Å²) in [5.74, 6) is -0.212. The first-order chi connectivity index (χ1) is 9.70. The maximum absolute atomic E-state index is 12.1. The highest BCUT2D eigenvalue weighted by atomic mass is 16.6. The largest absolute Gasteiger partial charge is 0.469 e. The number of nitrogens with zero attached hydrogens (tertiary/aromatic N) is 1. The van der Waals surface area contributed by atoms with E-state index in [2.05, 4.69) is 0 Å². The third-order valence-corrected chi connectivity index (χ3v) is 4.83. The molecule has 1 unspecified atom stereocenters. The lowest BCUT2D eigenvalue weighted by molar-refractivity contribution is -0.148. The van der Waals surface area contributed by atoms with Gasteiger partial charge in [-0.3, -0.25) is 4.79 Å². The molecule has 0 radical (unpaired) electrons. The van der Waals surface area contributed by atoms with E-state index < -0.39 is 11.0 Å². The van der Waals surface area contributed by atoms with Gasteiger partial charge in [-0.15, -0.1) is 0 Å². The Balaban J connectivity index is 1.96. The maximum atomic E-state index is 12.1. The standard InChI is InChI=1S/C15H26N2O4/c1-13(2,3)21-12(19)17-7-5-14(6-8-17)9-15(14,10-16)11(18)20-4/h5-10,16H2,1-4H3. The van der Waals surface area contributed by atoms with Crippen LogP contribution >= 0.6 is 0 Å². The van der Waals surface area contributed by atoms with Crippen LogP contribution in [0.1, 0.15) is 40.0 Å². The van der Waals surface area contributed by atoms with Crippen LogP contribution in [0.25, 0.3) is 0 Å². The number of nitrogens with two attached hydrogens (primary N) is 1. The Kier molecular flexibility index (Phi) is 3.95. The number of ether oxygens (including phenoxy) is 2. The van der Waals surface area contributed by atoms with Crippen molar-refractivity contribution in [1.82, 2.24) is 4.90 Å². The fourth-order valence-electron chi connectivity index (χ4n) is 3.49. The number of carbonyl (C=O) groups is 2. The average molecular weight is 298 g/mol. The molecule has 1 saturated carbocycles. The highest BCUT2D eigenvalue weighted by Crippen LogP contribution is 2.69. The van der Waals surface area contributed by atoms with Gasteiger partial charge in [-0.05, 0) is 45.4 Å². The van der Waals surface area contributed by atoms with Crippen molar-refractivity contribution in [3.63, 3.8) is 0 Å². The highest BCUT2D eigenvalue weighted by Gasteiger charge is 2.71. The summed E-state index contributed by atoms with van der Waals surface area (Å²) < 4.78 is 10.3. The monoisotopic (exact) mass is 298 g/mol. The van der Waals surface area contributed by atoms with E-state index in [-0.39, 0.29) is 17.5 Å². The van der Waals surface area contributed by atoms with E-state index in [4.69, 9.17) is 15.2 Å². The lowest BCUT2D eigenvalue weighted by Crippen LogP contribution is -2.45. The summed E-state index contributed by atoms with van der Waals surface area (Å²) in [6.45, 7) is 7.09. The molecule has 1 spiro atoms. The van der Waals surface area contributed by atoms with Crippen molar-refractivity contribution < 1.29 is 19.1 Å². The molecule has 6 heteroatoms. The van der Waals surface area contributed by atoms with Crippen LogP contribution < -0.4 is 5.73 Å². The van der Waals surface area contributed by atoms with Gasteiger partial charge in [-0.1, -0.05) is 0 Å². The number of piperidine rings is 1. The zero-order valence-corrected chi connectivity index (χ0v) is 13.4. The molecular formula is C15H26N2O4. The van der Waals surface area contributed by atoms with Crippen molar-refractivity contribution in [2.75, 3.05) is 26.7 Å². The van der Waals surface area contributed by atoms with Crippen LogP contribution in [0.15, 0.2) is 0 Å². The summed E-state index contributed by atoms with van der Waals surface area (Å²) >= 11 is 0. The van der Waals surface area contributed by atoms with Crippen LogP contribution in [0.5, 0.6) is 0 Å². The number of hydrogen-bond donors (Lipinski definition) is 1. The zero-order valence-electron chi connectivity index (χ0n) is 13.4. The second-order valence-corrected chi connectivity index (χ2v) is 7.20. The van der Waals surface area contributed by atoms with E-state index in [0.717, 1.165) is 19.3 Å². The van der Waals surface area contributed by atoms with Crippen LogP contribution in [-0.2, 0) is 14.3 Å². The van der Waals surface area contributed by atoms with E-state index in [9.17, 15) is 9.59 Å². The first-order valence-corrected chi connectivity index (χ1v) is 7.46. The van der Waals surface area contributed by atoms with Gasteiger partial charge in [-0.25, -0.2) is 4.79 Å². The molecule has 1 saturated heterocycles. The maximum Gasteiger partial charge on any atom is 0.410 e. The number of carbonyl (C=O) groups excluding carboxylic acids is 2. The summed E-state index contributed by atoms with van der Waals surface area (Å²) in [6, 6.07) is 0. The lowest BCUT2D eigenvalue weighted by atomic mass is 9.84. The number of methoxy groups -OCH3 is 1. The predicted octanol–water partition coefficient (Wildman–Crippen LogP) is 1.53. The van der Waals surface area contributed by atoms with Crippen molar-refractivity contribution in [1.29, 1.82) is 0 Å². The summed E-state index contributed by atoms with van der Waals surface area (Å²) in [5.41, 5.74) is 4.71. The van der Waals surface area contributed by atoms with Crippen LogP contribution in [0.2, 0.25) is 0 Å². The van der Waals surface area contributed by atoms with Gasteiger partial charge < -0.3 is 20.1 Å². The van der Waals surface area contributed by atoms with Gasteiger partial charge in [-0.2, -0.15) is 0 Å². The Bertz CT molecular complexity index is 435. The van der Waals surface area contributed by atoms with E-state index in [0.29, 0.717) is 19.6 Å². The Morgan fingerprint density at radius 1 is 1.24 bits per heavy atom. The first kappa shape index (κ1) is 16.1. The first-order valence-electron chi connectivity index (χ1n) is 7.46. The number of amides is 1. The fraction of sp³-hybridized carbons (Fsp3) is 0.867. The SMILES string of the molecule is COC(=O)C1(CN)CC12CCN(C(=O)OC(C)(C)C)CC2. The number of hydrogen-bond acceptors (Lipinski definition) is 5. The Morgan fingerprint density at radius 2 is 1.81 bits per heavy atom. The lowest BCUT2D eigenvalue weighted by Gasteiger charge is -2.35. The number of rotatable bonds is 2. The van der Waals surface area contributed by atoms with Crippen molar-refractivity contribution in [2.24, 2.45) is 16.6 Å². The molecule has 21 heavy (non-hydrogen) atoms. The van der Waals surface area contributed by atoms with Gasteiger partial charge in [0, 0.05) is 19.6 Å². The zero-order chi connectivity index (χ0) is 15.9. The minimum absolute atomic E-state index is 0.0899. The van der Waals surface area contributed by atoms with E-state index in [1.807, 2.05) is 20.8 Å². The fourth-order valence-corrected chi connectivity index (χ4v) is 3.49. The Labute approximate surface area is 125 Å². The molecule has 120 valence electrons. The summed E-state index contributed by atoms with van der Waals surface area (Å²) in [5, 5.41) is 0. The normalized spacial score (nSPS) is 27.4. The quantitative estimate of drug-likeness (QED) is 0.782. The molecule has 2 fully saturated rings. The van der Waals surface area contributed by atoms with E-state index in [1.165, 1.54) is 7.11 Å². The molecule has 1 heterocycles. The van der Waals surface area contributed by atoms with Crippen molar-refractivity contribution in [3.8, 4) is 0 Å². The second kappa shape index (κ2) is 5.16. The van der Waals surface area contributed by atoms with Crippen LogP contribution in [0.3, 0.4) is 0 Å². The molecule has 1 aliphatic heterocycles. The highest BCUT2D eigenvalue weighted by molar-refractivity contribution is 5.82. The molecule has 0 bridgehead atoms. The second-order valence-electron chi connectivity index (χ2n) is 7.20. The van der Waals surface area contributed by atoms with Crippen molar-refractivity contribution >= 4 is 12.1 Å². The van der Waals surface area contributed by atoms with Crippen LogP contribution in [0, 0.1) is 10.8 Å². The molecule has 0 aromatic heterocycles. The molecule has 2 aliphatic rings. The van der Waals surface area contributed by atoms with E-state index in [1.54, 1.807) is 4.90 Å². The van der Waals surface area contributed by atoms with Gasteiger partial charge >= 0.3 is 12.1 Å². The van der Waals surface area contributed by atoms with Crippen molar-refractivity contribution in [2.45, 2.75) is 45.6 Å². The van der Waals surface area contributed by atoms with Gasteiger partial charge in [0.2, 0.25) is 0 Å². The Hall–Kier alpha value is -1.30. The Morgan fingerprint density at radius 3 is 2.24 bits per heavy atom. The number of likely N-dealkylation sites (tertiary alicyclic amines) is 1. The average Bonchev–Trinajstić information content (AvgIpc) is 3.05. The minimum Gasteiger partial charge on any atom is -0.469 e. The smallest absolute Gasteiger partial charge is 0.410 e. The van der Waals surface area contributed by atoms with Crippen LogP contribution in [0.4, 0.5) is 4.79 Å².